The minimum absolute atomic E-state index is 0.123. The highest BCUT2D eigenvalue weighted by molar-refractivity contribution is 9.10. The number of hydrogen-bond acceptors (Lipinski definition) is 6. The quantitative estimate of drug-likeness (QED) is 0.214. The lowest BCUT2D eigenvalue weighted by atomic mass is 9.95. The van der Waals surface area contributed by atoms with Crippen molar-refractivity contribution in [2.75, 3.05) is 46.9 Å². The van der Waals surface area contributed by atoms with E-state index < -0.39 is 0 Å². The van der Waals surface area contributed by atoms with E-state index in [0.717, 1.165) is 69.1 Å². The summed E-state index contributed by atoms with van der Waals surface area (Å²) in [5.41, 5.74) is 4.88. The summed E-state index contributed by atoms with van der Waals surface area (Å²) in [6.45, 7) is 4.00. The van der Waals surface area contributed by atoms with Crippen molar-refractivity contribution in [3.05, 3.63) is 112 Å². The highest BCUT2D eigenvalue weighted by Crippen LogP contribution is 2.38. The smallest absolute Gasteiger partial charge is 0.236 e. The normalized spacial score (nSPS) is 14.9. The van der Waals surface area contributed by atoms with Crippen LogP contribution >= 0.6 is 15.9 Å². The zero-order valence-corrected chi connectivity index (χ0v) is 25.5. The third kappa shape index (κ3) is 6.02. The maximum atomic E-state index is 13.9. The number of pyridine rings is 2. The first kappa shape index (κ1) is 28.3. The molecule has 0 saturated carbocycles. The zero-order valence-electron chi connectivity index (χ0n) is 23.9. The maximum Gasteiger partial charge on any atom is 0.236 e. The number of aromatic nitrogens is 2. The second-order valence-corrected chi connectivity index (χ2v) is 11.7. The minimum atomic E-state index is -0.291. The van der Waals surface area contributed by atoms with Gasteiger partial charge in [0, 0.05) is 59.7 Å². The Labute approximate surface area is 254 Å². The van der Waals surface area contributed by atoms with E-state index in [1.54, 1.807) is 7.11 Å². The molecule has 8 heteroatoms. The first-order valence-corrected chi connectivity index (χ1v) is 15.0. The van der Waals surface area contributed by atoms with E-state index in [1.165, 1.54) is 0 Å². The molecular weight excluding hydrogens is 590 g/mol. The van der Waals surface area contributed by atoms with E-state index in [4.69, 9.17) is 9.72 Å². The van der Waals surface area contributed by atoms with Crippen LogP contribution < -0.4 is 4.74 Å². The fourth-order valence-corrected chi connectivity index (χ4v) is 6.20. The van der Waals surface area contributed by atoms with Gasteiger partial charge in [0.15, 0.2) is 0 Å². The van der Waals surface area contributed by atoms with Crippen LogP contribution in [0.15, 0.2) is 95.6 Å². The molecule has 1 saturated heterocycles. The molecule has 5 aromatic rings. The van der Waals surface area contributed by atoms with Crippen molar-refractivity contribution in [2.24, 2.45) is 0 Å². The monoisotopic (exact) mass is 623 g/mol. The molecule has 0 radical (unpaired) electrons. The Morgan fingerprint density at radius 3 is 2.55 bits per heavy atom. The van der Waals surface area contributed by atoms with Gasteiger partial charge in [-0.2, -0.15) is 0 Å². The van der Waals surface area contributed by atoms with Gasteiger partial charge in [-0.1, -0.05) is 64.5 Å². The van der Waals surface area contributed by atoms with E-state index in [1.807, 2.05) is 59.6 Å². The van der Waals surface area contributed by atoms with Gasteiger partial charge in [-0.15, -0.1) is 0 Å². The number of carbonyl (C=O) groups is 1. The average molecular weight is 625 g/mol. The number of benzene rings is 3. The Morgan fingerprint density at radius 2 is 1.76 bits per heavy atom. The number of methoxy groups -OCH3 is 1. The molecule has 1 unspecified atom stereocenters. The van der Waals surface area contributed by atoms with Gasteiger partial charge in [0.05, 0.1) is 30.7 Å². The zero-order chi connectivity index (χ0) is 29.1. The van der Waals surface area contributed by atoms with E-state index in [9.17, 15) is 4.79 Å². The summed E-state index contributed by atoms with van der Waals surface area (Å²) in [6.07, 6.45) is 1.82. The SMILES string of the molecule is COc1nc2ccc(Br)cc2cc1C(c1ccccc1)N(CC(=O)N1CCN(C)CC1)Cc1cccc2ncccc12. The van der Waals surface area contributed by atoms with Crippen LogP contribution in [0.4, 0.5) is 0 Å². The number of rotatable bonds is 8. The molecule has 42 heavy (non-hydrogen) atoms. The number of likely N-dealkylation sites (N-methyl/N-ethyl adjacent to an activating group) is 1. The number of fused-ring (bicyclic) bond motifs is 2. The lowest BCUT2D eigenvalue weighted by Crippen LogP contribution is -2.50. The number of halogens is 1. The van der Waals surface area contributed by atoms with Crippen molar-refractivity contribution in [1.82, 2.24) is 24.7 Å². The topological polar surface area (TPSA) is 61.8 Å². The molecule has 0 N–H and O–H groups in total. The molecule has 1 aliphatic rings. The van der Waals surface area contributed by atoms with Crippen molar-refractivity contribution >= 4 is 43.6 Å². The molecule has 0 spiro atoms. The molecule has 0 bridgehead atoms. The molecule has 3 heterocycles. The van der Waals surface area contributed by atoms with Crippen molar-refractivity contribution in [2.45, 2.75) is 12.6 Å². The van der Waals surface area contributed by atoms with Crippen molar-refractivity contribution in [3.8, 4) is 5.88 Å². The van der Waals surface area contributed by atoms with E-state index in [2.05, 4.69) is 74.2 Å². The molecule has 1 atom stereocenters. The molecule has 1 aliphatic heterocycles. The van der Waals surface area contributed by atoms with E-state index in [-0.39, 0.29) is 18.5 Å². The molecule has 214 valence electrons. The second-order valence-electron chi connectivity index (χ2n) is 10.8. The van der Waals surface area contributed by atoms with Crippen molar-refractivity contribution in [3.63, 3.8) is 0 Å². The van der Waals surface area contributed by atoms with Gasteiger partial charge in [-0.25, -0.2) is 4.98 Å². The first-order chi connectivity index (χ1) is 20.5. The third-order valence-electron chi connectivity index (χ3n) is 8.04. The Hall–Kier alpha value is -3.85. The predicted molar refractivity (Wildman–Crippen MR) is 171 cm³/mol. The van der Waals surface area contributed by atoms with Crippen LogP contribution in [0.1, 0.15) is 22.7 Å². The summed E-state index contributed by atoms with van der Waals surface area (Å²) < 4.78 is 6.91. The summed E-state index contributed by atoms with van der Waals surface area (Å²) in [6, 6.07) is 28.5. The molecule has 2 aromatic heterocycles. The average Bonchev–Trinajstić information content (AvgIpc) is 3.02. The largest absolute Gasteiger partial charge is 0.481 e. The Bertz CT molecular complexity index is 1700. The number of piperazine rings is 1. The van der Waals surface area contributed by atoms with Crippen LogP contribution in [0, 0.1) is 0 Å². The highest BCUT2D eigenvalue weighted by Gasteiger charge is 2.31. The fraction of sp³-hybridized carbons (Fsp3) is 0.265. The van der Waals surface area contributed by atoms with Crippen molar-refractivity contribution in [1.29, 1.82) is 0 Å². The molecule has 1 amide bonds. The van der Waals surface area contributed by atoms with Crippen LogP contribution in [0.5, 0.6) is 5.88 Å². The van der Waals surface area contributed by atoms with Gasteiger partial charge in [0.25, 0.3) is 0 Å². The minimum Gasteiger partial charge on any atom is -0.481 e. The summed E-state index contributed by atoms with van der Waals surface area (Å²) in [5.74, 6) is 0.674. The predicted octanol–water partition coefficient (Wildman–Crippen LogP) is 5.92. The summed E-state index contributed by atoms with van der Waals surface area (Å²) in [7, 11) is 3.76. The molecule has 1 fully saturated rings. The highest BCUT2D eigenvalue weighted by atomic mass is 79.9. The van der Waals surface area contributed by atoms with Crippen LogP contribution in [0.25, 0.3) is 21.8 Å². The van der Waals surface area contributed by atoms with Crippen LogP contribution in [0.2, 0.25) is 0 Å². The number of nitrogens with zero attached hydrogens (tertiary/aromatic N) is 5. The summed E-state index contributed by atoms with van der Waals surface area (Å²) >= 11 is 3.62. The Morgan fingerprint density at radius 1 is 0.952 bits per heavy atom. The third-order valence-corrected chi connectivity index (χ3v) is 8.53. The molecule has 7 nitrogen and oxygen atoms in total. The second kappa shape index (κ2) is 12.6. The molecule has 6 rings (SSSR count). The van der Waals surface area contributed by atoms with Gasteiger partial charge in [0.2, 0.25) is 11.8 Å². The van der Waals surface area contributed by atoms with Crippen LogP contribution in [-0.4, -0.2) is 77.5 Å². The van der Waals surface area contributed by atoms with E-state index >= 15 is 0 Å². The lowest BCUT2D eigenvalue weighted by molar-refractivity contribution is -0.134. The van der Waals surface area contributed by atoms with Gasteiger partial charge in [-0.3, -0.25) is 14.7 Å². The molecular formula is C34H34BrN5O2. The number of carbonyl (C=O) groups excluding carboxylic acids is 1. The maximum absolute atomic E-state index is 13.9. The Balaban J connectivity index is 1.50. The number of hydrogen-bond donors (Lipinski definition) is 0. The number of ether oxygens (including phenoxy) is 1. The van der Waals surface area contributed by atoms with Gasteiger partial charge < -0.3 is 14.5 Å². The van der Waals surface area contributed by atoms with E-state index in [0.29, 0.717) is 12.4 Å². The fourth-order valence-electron chi connectivity index (χ4n) is 5.82. The van der Waals surface area contributed by atoms with Gasteiger partial charge >= 0.3 is 0 Å². The molecule has 0 aliphatic carbocycles. The van der Waals surface area contributed by atoms with Gasteiger partial charge in [0.1, 0.15) is 0 Å². The summed E-state index contributed by atoms with van der Waals surface area (Å²) in [4.78, 5) is 30.0. The first-order valence-electron chi connectivity index (χ1n) is 14.2. The molecule has 3 aromatic carbocycles. The van der Waals surface area contributed by atoms with Crippen LogP contribution in [0.3, 0.4) is 0 Å². The van der Waals surface area contributed by atoms with Crippen molar-refractivity contribution < 1.29 is 9.53 Å². The van der Waals surface area contributed by atoms with Gasteiger partial charge in [-0.05, 0) is 54.6 Å². The summed E-state index contributed by atoms with van der Waals surface area (Å²) in [5, 5.41) is 2.08. The standard InChI is InChI=1S/C34H34BrN5O2/c1-38-16-18-39(19-17-38)32(41)23-40(22-25-10-6-12-31-28(25)11-7-15-36-31)33(24-8-4-3-5-9-24)29-21-26-20-27(35)13-14-30(26)37-34(29)42-2/h3-15,20-21,33H,16-19,22-23H2,1-2H3. The Kier molecular flexibility index (Phi) is 8.46. The van der Waals surface area contributed by atoms with Crippen LogP contribution in [-0.2, 0) is 11.3 Å². The lowest BCUT2D eigenvalue weighted by Gasteiger charge is -2.37. The number of amides is 1.